The van der Waals surface area contributed by atoms with Crippen LogP contribution in [0, 0.1) is 5.41 Å². The molecule has 0 aromatic carbocycles. The van der Waals surface area contributed by atoms with Crippen molar-refractivity contribution in [3.63, 3.8) is 0 Å². The highest BCUT2D eigenvalue weighted by Crippen LogP contribution is 2.36. The van der Waals surface area contributed by atoms with E-state index in [0.717, 1.165) is 6.42 Å². The van der Waals surface area contributed by atoms with Gasteiger partial charge in [0.25, 0.3) is 0 Å². The molecule has 0 saturated heterocycles. The molecule has 1 fully saturated rings. The first-order valence-corrected chi connectivity index (χ1v) is 4.95. The number of halogens is 1. The quantitative estimate of drug-likeness (QED) is 0.661. The Bertz CT molecular complexity index is 179. The van der Waals surface area contributed by atoms with Crippen LogP contribution in [-0.4, -0.2) is 17.8 Å². The molecule has 2 nitrogen and oxygen atoms in total. The Labute approximate surface area is 78.7 Å². The SMILES string of the molecule is CC1(C)CCCC1NC(=O)CCl. The van der Waals surface area contributed by atoms with Crippen LogP contribution in [0.25, 0.3) is 0 Å². The third-order valence-corrected chi connectivity index (χ3v) is 2.96. The molecule has 0 heterocycles. The molecule has 0 aromatic heterocycles. The maximum absolute atomic E-state index is 11.0. The molecule has 1 amide bonds. The van der Waals surface area contributed by atoms with E-state index >= 15 is 0 Å². The van der Waals surface area contributed by atoms with E-state index in [1.807, 2.05) is 0 Å². The molecule has 1 aliphatic carbocycles. The van der Waals surface area contributed by atoms with E-state index in [1.165, 1.54) is 12.8 Å². The predicted octanol–water partition coefficient (Wildman–Crippen LogP) is 1.92. The lowest BCUT2D eigenvalue weighted by molar-refractivity contribution is -0.119. The maximum Gasteiger partial charge on any atom is 0.235 e. The standard InChI is InChI=1S/C9H16ClNO/c1-9(2)5-3-4-7(9)11-8(12)6-10/h7H,3-6H2,1-2H3,(H,11,12). The first-order valence-electron chi connectivity index (χ1n) is 4.41. The Hall–Kier alpha value is -0.240. The second kappa shape index (κ2) is 3.65. The number of carbonyl (C=O) groups excluding carboxylic acids is 1. The lowest BCUT2D eigenvalue weighted by Crippen LogP contribution is -2.42. The molecule has 0 spiro atoms. The number of carbonyl (C=O) groups is 1. The largest absolute Gasteiger partial charge is 0.352 e. The summed E-state index contributed by atoms with van der Waals surface area (Å²) in [5.41, 5.74) is 0.252. The summed E-state index contributed by atoms with van der Waals surface area (Å²) < 4.78 is 0. The summed E-state index contributed by atoms with van der Waals surface area (Å²) in [6, 6.07) is 0.323. The van der Waals surface area contributed by atoms with Crippen LogP contribution in [0.4, 0.5) is 0 Å². The number of hydrogen-bond donors (Lipinski definition) is 1. The average Bonchev–Trinajstić information content (AvgIpc) is 2.31. The fourth-order valence-corrected chi connectivity index (χ4v) is 1.90. The third kappa shape index (κ3) is 2.13. The van der Waals surface area contributed by atoms with Gasteiger partial charge >= 0.3 is 0 Å². The van der Waals surface area contributed by atoms with Crippen LogP contribution in [0.1, 0.15) is 33.1 Å². The van der Waals surface area contributed by atoms with Gasteiger partial charge in [-0.3, -0.25) is 4.79 Å². The van der Waals surface area contributed by atoms with E-state index in [-0.39, 0.29) is 17.2 Å². The molecule has 1 unspecified atom stereocenters. The Morgan fingerprint density at radius 3 is 2.75 bits per heavy atom. The fourth-order valence-electron chi connectivity index (χ4n) is 1.83. The summed E-state index contributed by atoms with van der Waals surface area (Å²) in [5.74, 6) is 0.0312. The number of rotatable bonds is 2. The molecule has 0 aliphatic heterocycles. The van der Waals surface area contributed by atoms with Gasteiger partial charge in [-0.25, -0.2) is 0 Å². The highest BCUT2D eigenvalue weighted by Gasteiger charge is 2.34. The van der Waals surface area contributed by atoms with Crippen molar-refractivity contribution in [1.82, 2.24) is 5.32 Å². The maximum atomic E-state index is 11.0. The zero-order valence-electron chi connectivity index (χ0n) is 7.69. The number of nitrogens with one attached hydrogen (secondary N) is 1. The van der Waals surface area contributed by atoms with Gasteiger partial charge in [0.15, 0.2) is 0 Å². The van der Waals surface area contributed by atoms with Gasteiger partial charge < -0.3 is 5.32 Å². The van der Waals surface area contributed by atoms with Crippen LogP contribution >= 0.6 is 11.6 Å². The van der Waals surface area contributed by atoms with Crippen molar-refractivity contribution in [1.29, 1.82) is 0 Å². The normalized spacial score (nSPS) is 27.1. The first kappa shape index (κ1) is 9.85. The molecule has 1 N–H and O–H groups in total. The van der Waals surface area contributed by atoms with Crippen LogP contribution in [0.5, 0.6) is 0 Å². The van der Waals surface area contributed by atoms with Crippen molar-refractivity contribution < 1.29 is 4.79 Å². The van der Waals surface area contributed by atoms with Gasteiger partial charge in [0.2, 0.25) is 5.91 Å². The van der Waals surface area contributed by atoms with Gasteiger partial charge in [0, 0.05) is 6.04 Å². The average molecular weight is 190 g/mol. The molecular weight excluding hydrogens is 174 g/mol. The second-order valence-corrected chi connectivity index (χ2v) is 4.40. The van der Waals surface area contributed by atoms with Crippen LogP contribution < -0.4 is 5.32 Å². The molecule has 1 atom stereocenters. The Balaban J connectivity index is 2.47. The summed E-state index contributed by atoms with van der Waals surface area (Å²) >= 11 is 5.41. The van der Waals surface area contributed by atoms with Crippen molar-refractivity contribution in [2.24, 2.45) is 5.41 Å². The fraction of sp³-hybridized carbons (Fsp3) is 0.889. The van der Waals surface area contributed by atoms with E-state index in [2.05, 4.69) is 19.2 Å². The minimum atomic E-state index is -0.0448. The molecule has 0 bridgehead atoms. The summed E-state index contributed by atoms with van der Waals surface area (Å²) in [6.07, 6.45) is 3.50. The lowest BCUT2D eigenvalue weighted by atomic mass is 9.87. The summed E-state index contributed by atoms with van der Waals surface area (Å²) in [7, 11) is 0. The lowest BCUT2D eigenvalue weighted by Gasteiger charge is -2.27. The molecule has 1 aliphatic rings. The van der Waals surface area contributed by atoms with E-state index < -0.39 is 0 Å². The molecular formula is C9H16ClNO. The van der Waals surface area contributed by atoms with Crippen molar-refractivity contribution in [2.45, 2.75) is 39.2 Å². The molecule has 1 rings (SSSR count). The molecule has 70 valence electrons. The van der Waals surface area contributed by atoms with Crippen molar-refractivity contribution in [3.8, 4) is 0 Å². The number of alkyl halides is 1. The van der Waals surface area contributed by atoms with E-state index in [4.69, 9.17) is 11.6 Å². The highest BCUT2D eigenvalue weighted by molar-refractivity contribution is 6.27. The van der Waals surface area contributed by atoms with Gasteiger partial charge in [-0.15, -0.1) is 11.6 Å². The minimum Gasteiger partial charge on any atom is -0.352 e. The summed E-state index contributed by atoms with van der Waals surface area (Å²) in [5, 5.41) is 2.95. The van der Waals surface area contributed by atoms with Crippen LogP contribution in [0.3, 0.4) is 0 Å². The van der Waals surface area contributed by atoms with Crippen LogP contribution in [-0.2, 0) is 4.79 Å². The van der Waals surface area contributed by atoms with E-state index in [9.17, 15) is 4.79 Å². The van der Waals surface area contributed by atoms with Gasteiger partial charge in [-0.1, -0.05) is 20.3 Å². The molecule has 0 aromatic rings. The molecule has 0 radical (unpaired) electrons. The zero-order chi connectivity index (χ0) is 9.19. The summed E-state index contributed by atoms with van der Waals surface area (Å²) in [4.78, 5) is 11.0. The molecule has 12 heavy (non-hydrogen) atoms. The van der Waals surface area contributed by atoms with Gasteiger partial charge in [0.1, 0.15) is 5.88 Å². The van der Waals surface area contributed by atoms with Gasteiger partial charge in [-0.2, -0.15) is 0 Å². The topological polar surface area (TPSA) is 29.1 Å². The predicted molar refractivity (Wildman–Crippen MR) is 50.3 cm³/mol. The third-order valence-electron chi connectivity index (χ3n) is 2.71. The second-order valence-electron chi connectivity index (χ2n) is 4.13. The first-order chi connectivity index (χ1) is 5.56. The Kier molecular flexibility index (Phi) is 2.99. The van der Waals surface area contributed by atoms with Crippen molar-refractivity contribution in [3.05, 3.63) is 0 Å². The number of hydrogen-bond acceptors (Lipinski definition) is 1. The molecule has 1 saturated carbocycles. The van der Waals surface area contributed by atoms with Crippen LogP contribution in [0.2, 0.25) is 0 Å². The monoisotopic (exact) mass is 189 g/mol. The van der Waals surface area contributed by atoms with Crippen LogP contribution in [0.15, 0.2) is 0 Å². The Morgan fingerprint density at radius 2 is 2.33 bits per heavy atom. The van der Waals surface area contributed by atoms with E-state index in [0.29, 0.717) is 6.04 Å². The van der Waals surface area contributed by atoms with Gasteiger partial charge in [-0.05, 0) is 18.3 Å². The van der Waals surface area contributed by atoms with Crippen molar-refractivity contribution in [2.75, 3.05) is 5.88 Å². The summed E-state index contributed by atoms with van der Waals surface area (Å²) in [6.45, 7) is 4.39. The van der Waals surface area contributed by atoms with E-state index in [1.54, 1.807) is 0 Å². The molecule has 3 heteroatoms. The highest BCUT2D eigenvalue weighted by atomic mass is 35.5. The van der Waals surface area contributed by atoms with Crippen molar-refractivity contribution >= 4 is 17.5 Å². The van der Waals surface area contributed by atoms with Gasteiger partial charge in [0.05, 0.1) is 0 Å². The minimum absolute atomic E-state index is 0.0448. The zero-order valence-corrected chi connectivity index (χ0v) is 8.45. The number of amides is 1. The smallest absolute Gasteiger partial charge is 0.235 e. The Morgan fingerprint density at radius 1 is 1.67 bits per heavy atom.